The molecular weight excluding hydrogens is 223 g/mol. The van der Waals surface area contributed by atoms with E-state index < -0.39 is 0 Å². The lowest BCUT2D eigenvalue weighted by Gasteiger charge is -2.01. The summed E-state index contributed by atoms with van der Waals surface area (Å²) < 4.78 is 1.16. The molecule has 0 aliphatic rings. The van der Waals surface area contributed by atoms with Gasteiger partial charge < -0.3 is 0 Å². The summed E-state index contributed by atoms with van der Waals surface area (Å²) in [4.78, 5) is 0. The van der Waals surface area contributed by atoms with Gasteiger partial charge in [-0.15, -0.1) is 11.6 Å². The first-order valence-electron chi connectivity index (χ1n) is 3.55. The number of rotatable bonds is 2. The number of alkyl halides is 1. The summed E-state index contributed by atoms with van der Waals surface area (Å²) in [7, 11) is 0. The van der Waals surface area contributed by atoms with Gasteiger partial charge in [0.05, 0.1) is 0 Å². The molecule has 0 aromatic heterocycles. The molecule has 1 aromatic rings. The van der Waals surface area contributed by atoms with E-state index in [2.05, 4.69) is 41.1 Å². The fraction of sp³-hybridized carbons (Fsp3) is 0.333. The van der Waals surface area contributed by atoms with E-state index in [9.17, 15) is 0 Å². The summed E-state index contributed by atoms with van der Waals surface area (Å²) >= 11 is 9.12. The number of benzene rings is 1. The van der Waals surface area contributed by atoms with Crippen molar-refractivity contribution in [3.05, 3.63) is 33.8 Å². The van der Waals surface area contributed by atoms with Crippen LogP contribution in [-0.4, -0.2) is 5.88 Å². The van der Waals surface area contributed by atoms with Gasteiger partial charge in [0.25, 0.3) is 0 Å². The third-order valence-electron chi connectivity index (χ3n) is 1.57. The maximum absolute atomic E-state index is 5.63. The third kappa shape index (κ3) is 2.49. The quantitative estimate of drug-likeness (QED) is 0.686. The summed E-state index contributed by atoms with van der Waals surface area (Å²) in [5.74, 6) is 0.682. The average molecular weight is 234 g/mol. The van der Waals surface area contributed by atoms with Crippen LogP contribution in [0.1, 0.15) is 11.1 Å². The van der Waals surface area contributed by atoms with E-state index in [-0.39, 0.29) is 0 Å². The second kappa shape index (κ2) is 4.13. The Hall–Kier alpha value is -0.0100. The molecule has 1 aromatic carbocycles. The maximum Gasteiger partial charge on any atom is 0.0264 e. The summed E-state index contributed by atoms with van der Waals surface area (Å²) in [6.45, 7) is 2.08. The molecule has 0 heterocycles. The zero-order valence-corrected chi connectivity index (χ0v) is 8.74. The lowest BCUT2D eigenvalue weighted by Crippen LogP contribution is -1.87. The monoisotopic (exact) mass is 232 g/mol. The van der Waals surface area contributed by atoms with E-state index in [1.807, 2.05) is 0 Å². The molecule has 0 atom stereocenters. The molecule has 0 aliphatic heterocycles. The number of aryl methyl sites for hydroxylation is 2. The molecule has 0 aliphatic carbocycles. The summed E-state index contributed by atoms with van der Waals surface area (Å²) in [6, 6.07) is 6.33. The fourth-order valence-electron chi connectivity index (χ4n) is 0.957. The first-order chi connectivity index (χ1) is 5.24. The van der Waals surface area contributed by atoms with Crippen LogP contribution >= 0.6 is 27.5 Å². The first-order valence-corrected chi connectivity index (χ1v) is 4.88. The van der Waals surface area contributed by atoms with E-state index in [0.29, 0.717) is 5.88 Å². The number of halogens is 2. The van der Waals surface area contributed by atoms with Crippen LogP contribution in [0.2, 0.25) is 0 Å². The van der Waals surface area contributed by atoms with Crippen LogP contribution in [0.15, 0.2) is 22.7 Å². The zero-order valence-electron chi connectivity index (χ0n) is 6.40. The van der Waals surface area contributed by atoms with Gasteiger partial charge in [0, 0.05) is 10.4 Å². The van der Waals surface area contributed by atoms with Crippen molar-refractivity contribution in [2.45, 2.75) is 13.3 Å². The fourth-order valence-corrected chi connectivity index (χ4v) is 1.85. The van der Waals surface area contributed by atoms with Crippen molar-refractivity contribution in [1.29, 1.82) is 0 Å². The molecule has 0 fully saturated rings. The molecule has 0 bridgehead atoms. The summed E-state index contributed by atoms with van der Waals surface area (Å²) in [6.07, 6.45) is 0.933. The van der Waals surface area contributed by atoms with Crippen LogP contribution in [-0.2, 0) is 6.42 Å². The van der Waals surface area contributed by atoms with Crippen LogP contribution in [0.25, 0.3) is 0 Å². The molecule has 0 saturated heterocycles. The molecule has 1 rings (SSSR count). The van der Waals surface area contributed by atoms with Crippen LogP contribution < -0.4 is 0 Å². The van der Waals surface area contributed by atoms with Crippen LogP contribution in [0.3, 0.4) is 0 Å². The van der Waals surface area contributed by atoms with Crippen molar-refractivity contribution in [2.75, 3.05) is 5.88 Å². The third-order valence-corrected chi connectivity index (χ3v) is 2.50. The lowest BCUT2D eigenvalue weighted by molar-refractivity contribution is 1.13. The smallest absolute Gasteiger partial charge is 0.0264 e. The average Bonchev–Trinajstić information content (AvgIpc) is 1.95. The molecule has 0 radical (unpaired) electrons. The van der Waals surface area contributed by atoms with E-state index in [1.165, 1.54) is 11.1 Å². The number of hydrogen-bond acceptors (Lipinski definition) is 0. The Kier molecular flexibility index (Phi) is 3.41. The second-order valence-electron chi connectivity index (χ2n) is 2.53. The lowest BCUT2D eigenvalue weighted by atomic mass is 10.1. The van der Waals surface area contributed by atoms with Gasteiger partial charge in [-0.05, 0) is 30.5 Å². The molecule has 0 amide bonds. The molecule has 2 heteroatoms. The molecule has 0 N–H and O–H groups in total. The highest BCUT2D eigenvalue weighted by atomic mass is 79.9. The van der Waals surface area contributed by atoms with Gasteiger partial charge in [0.1, 0.15) is 0 Å². The predicted molar refractivity (Wildman–Crippen MR) is 53.3 cm³/mol. The largest absolute Gasteiger partial charge is 0.126 e. The van der Waals surface area contributed by atoms with Crippen molar-refractivity contribution in [2.24, 2.45) is 0 Å². The molecule has 0 spiro atoms. The Balaban J connectivity index is 2.90. The minimum absolute atomic E-state index is 0.682. The Morgan fingerprint density at radius 3 is 2.73 bits per heavy atom. The Morgan fingerprint density at radius 1 is 1.45 bits per heavy atom. The van der Waals surface area contributed by atoms with Gasteiger partial charge >= 0.3 is 0 Å². The molecule has 0 unspecified atom stereocenters. The molecule has 0 saturated carbocycles. The minimum atomic E-state index is 0.682. The van der Waals surface area contributed by atoms with Crippen molar-refractivity contribution >= 4 is 27.5 Å². The molecule has 11 heavy (non-hydrogen) atoms. The van der Waals surface area contributed by atoms with Gasteiger partial charge in [0.15, 0.2) is 0 Å². The number of hydrogen-bond donors (Lipinski definition) is 0. The van der Waals surface area contributed by atoms with Crippen LogP contribution in [0.5, 0.6) is 0 Å². The van der Waals surface area contributed by atoms with E-state index in [0.717, 1.165) is 10.9 Å². The second-order valence-corrected chi connectivity index (χ2v) is 3.77. The summed E-state index contributed by atoms with van der Waals surface area (Å²) in [5.41, 5.74) is 2.56. The topological polar surface area (TPSA) is 0 Å². The van der Waals surface area contributed by atoms with Gasteiger partial charge in [-0.25, -0.2) is 0 Å². The van der Waals surface area contributed by atoms with Crippen molar-refractivity contribution in [3.8, 4) is 0 Å². The Bertz CT molecular complexity index is 245. The van der Waals surface area contributed by atoms with Crippen molar-refractivity contribution < 1.29 is 0 Å². The Morgan fingerprint density at radius 2 is 2.18 bits per heavy atom. The van der Waals surface area contributed by atoms with Gasteiger partial charge in [-0.3, -0.25) is 0 Å². The molecular formula is C9H10BrCl. The van der Waals surface area contributed by atoms with Gasteiger partial charge in [0.2, 0.25) is 0 Å². The highest BCUT2D eigenvalue weighted by molar-refractivity contribution is 9.10. The zero-order chi connectivity index (χ0) is 8.27. The molecule has 60 valence electrons. The Labute approximate surface area is 80.7 Å². The summed E-state index contributed by atoms with van der Waals surface area (Å²) in [5, 5.41) is 0. The van der Waals surface area contributed by atoms with Crippen molar-refractivity contribution in [3.63, 3.8) is 0 Å². The van der Waals surface area contributed by atoms with E-state index >= 15 is 0 Å². The van der Waals surface area contributed by atoms with Crippen molar-refractivity contribution in [1.82, 2.24) is 0 Å². The SMILES string of the molecule is Cc1ccc(CCCl)c(Br)c1. The first kappa shape index (κ1) is 9.08. The highest BCUT2D eigenvalue weighted by Gasteiger charge is 1.97. The van der Waals surface area contributed by atoms with Crippen LogP contribution in [0.4, 0.5) is 0 Å². The molecule has 0 nitrogen and oxygen atoms in total. The normalized spacial score (nSPS) is 10.1. The highest BCUT2D eigenvalue weighted by Crippen LogP contribution is 2.18. The van der Waals surface area contributed by atoms with Gasteiger partial charge in [-0.2, -0.15) is 0 Å². The van der Waals surface area contributed by atoms with Gasteiger partial charge in [-0.1, -0.05) is 28.1 Å². The van der Waals surface area contributed by atoms with Crippen LogP contribution in [0, 0.1) is 6.92 Å². The predicted octanol–water partition coefficient (Wildman–Crippen LogP) is 3.54. The van der Waals surface area contributed by atoms with E-state index in [1.54, 1.807) is 0 Å². The van der Waals surface area contributed by atoms with E-state index in [4.69, 9.17) is 11.6 Å². The maximum atomic E-state index is 5.63. The minimum Gasteiger partial charge on any atom is -0.126 e. The standard InChI is InChI=1S/C9H10BrCl/c1-7-2-3-8(4-5-11)9(10)6-7/h2-3,6H,4-5H2,1H3.